The van der Waals surface area contributed by atoms with Gasteiger partial charge in [-0.1, -0.05) is 50.2 Å². The van der Waals surface area contributed by atoms with Crippen molar-refractivity contribution >= 4 is 17.6 Å². The van der Waals surface area contributed by atoms with Crippen molar-refractivity contribution in [2.45, 2.75) is 26.9 Å². The minimum Gasteiger partial charge on any atom is -0.497 e. The standard InChI is InChI=1S/C22H24N8O3.C2H6/c1-33-17-4-2-3-15(9-17)12-26-22(32)19-10-18(27-13-28-19)21(31)25-11-14-5-7-16(8-6-14)20(29-23)30-24;1-2/h2-10,13H,11-12,23-24H2,1H3,(H,25,31)(H,26,32)(H,29,30);1-2H3. The van der Waals surface area contributed by atoms with Crippen LogP contribution in [0, 0.1) is 0 Å². The topological polar surface area (TPSA) is 170 Å². The number of nitrogens with two attached hydrogens (primary N) is 2. The van der Waals surface area contributed by atoms with Gasteiger partial charge in [0.15, 0.2) is 5.84 Å². The van der Waals surface area contributed by atoms with Gasteiger partial charge in [-0.2, -0.15) is 5.10 Å². The quantitative estimate of drug-likeness (QED) is 0.140. The number of hydrogen-bond acceptors (Lipinski definition) is 8. The van der Waals surface area contributed by atoms with Crippen LogP contribution in [0.3, 0.4) is 0 Å². The summed E-state index contributed by atoms with van der Waals surface area (Å²) in [6.07, 6.45) is 1.18. The second kappa shape index (κ2) is 13.9. The van der Waals surface area contributed by atoms with Gasteiger partial charge >= 0.3 is 0 Å². The van der Waals surface area contributed by atoms with Crippen LogP contribution < -0.4 is 32.5 Å². The number of rotatable bonds is 8. The number of hydrazine groups is 1. The lowest BCUT2D eigenvalue weighted by Gasteiger charge is -2.09. The van der Waals surface area contributed by atoms with Gasteiger partial charge in [-0.15, -0.1) is 0 Å². The molecule has 0 fully saturated rings. The number of methoxy groups -OCH3 is 1. The van der Waals surface area contributed by atoms with Gasteiger partial charge in [0.25, 0.3) is 11.8 Å². The number of aromatic nitrogens is 2. The van der Waals surface area contributed by atoms with E-state index in [9.17, 15) is 9.59 Å². The fourth-order valence-corrected chi connectivity index (χ4v) is 2.91. The Labute approximate surface area is 204 Å². The molecule has 0 bridgehead atoms. The first-order chi connectivity index (χ1) is 17.0. The number of benzene rings is 2. The normalized spacial score (nSPS) is 10.5. The first-order valence-corrected chi connectivity index (χ1v) is 10.9. The van der Waals surface area contributed by atoms with Crippen molar-refractivity contribution < 1.29 is 14.3 Å². The zero-order valence-corrected chi connectivity index (χ0v) is 19.9. The van der Waals surface area contributed by atoms with Crippen molar-refractivity contribution in [2.75, 3.05) is 7.11 Å². The minimum atomic E-state index is -0.434. The second-order valence-electron chi connectivity index (χ2n) is 6.82. The minimum absolute atomic E-state index is 0.0815. The highest BCUT2D eigenvalue weighted by Crippen LogP contribution is 2.12. The van der Waals surface area contributed by atoms with Crippen molar-refractivity contribution in [1.82, 2.24) is 26.0 Å². The number of nitrogens with one attached hydrogen (secondary N) is 3. The Hall–Kier alpha value is -4.51. The maximum atomic E-state index is 12.5. The van der Waals surface area contributed by atoms with Crippen LogP contribution in [-0.2, 0) is 13.1 Å². The van der Waals surface area contributed by atoms with Crippen LogP contribution in [0.25, 0.3) is 0 Å². The predicted molar refractivity (Wildman–Crippen MR) is 133 cm³/mol. The molecule has 7 N–H and O–H groups in total. The van der Waals surface area contributed by atoms with E-state index in [1.807, 2.05) is 38.1 Å². The Morgan fingerprint density at radius 1 is 0.914 bits per heavy atom. The van der Waals surface area contributed by atoms with Crippen molar-refractivity contribution in [3.05, 3.63) is 89.0 Å². The number of nitrogens with zero attached hydrogens (tertiary/aromatic N) is 3. The molecular formula is C24H30N8O3. The van der Waals surface area contributed by atoms with Crippen LogP contribution in [0.15, 0.2) is 66.0 Å². The molecule has 0 spiro atoms. The first-order valence-electron chi connectivity index (χ1n) is 10.9. The summed E-state index contributed by atoms with van der Waals surface area (Å²) in [4.78, 5) is 32.9. The van der Waals surface area contributed by atoms with Crippen LogP contribution in [0.5, 0.6) is 5.75 Å². The molecule has 0 saturated heterocycles. The molecule has 0 aliphatic rings. The average Bonchev–Trinajstić information content (AvgIpc) is 2.93. The Morgan fingerprint density at radius 3 is 2.06 bits per heavy atom. The highest BCUT2D eigenvalue weighted by Gasteiger charge is 2.13. The van der Waals surface area contributed by atoms with E-state index in [2.05, 4.69) is 31.1 Å². The molecule has 35 heavy (non-hydrogen) atoms. The van der Waals surface area contributed by atoms with Crippen molar-refractivity contribution in [3.8, 4) is 5.75 Å². The molecule has 11 nitrogen and oxygen atoms in total. The lowest BCUT2D eigenvalue weighted by Crippen LogP contribution is -2.32. The third kappa shape index (κ3) is 7.79. The zero-order chi connectivity index (χ0) is 25.6. The zero-order valence-electron chi connectivity index (χ0n) is 19.9. The number of carbonyl (C=O) groups is 2. The number of hydrogen-bond donors (Lipinski definition) is 5. The lowest BCUT2D eigenvalue weighted by atomic mass is 10.1. The molecule has 184 valence electrons. The fourth-order valence-electron chi connectivity index (χ4n) is 2.91. The summed E-state index contributed by atoms with van der Waals surface area (Å²) in [5, 5.41) is 9.06. The number of amidine groups is 1. The Morgan fingerprint density at radius 2 is 1.51 bits per heavy atom. The summed E-state index contributed by atoms with van der Waals surface area (Å²) in [6, 6.07) is 15.8. The third-order valence-electron chi connectivity index (χ3n) is 4.67. The van der Waals surface area contributed by atoms with E-state index in [1.165, 1.54) is 12.4 Å². The summed E-state index contributed by atoms with van der Waals surface area (Å²) in [6.45, 7) is 4.54. The monoisotopic (exact) mass is 478 g/mol. The average molecular weight is 479 g/mol. The van der Waals surface area contributed by atoms with Crippen LogP contribution in [0.1, 0.15) is 51.5 Å². The largest absolute Gasteiger partial charge is 0.497 e. The van der Waals surface area contributed by atoms with Gasteiger partial charge in [0, 0.05) is 24.7 Å². The van der Waals surface area contributed by atoms with E-state index in [-0.39, 0.29) is 24.5 Å². The fraction of sp³-hybridized carbons (Fsp3) is 0.208. The molecule has 1 heterocycles. The van der Waals surface area contributed by atoms with Gasteiger partial charge in [0.2, 0.25) is 0 Å². The Kier molecular flexibility index (Phi) is 10.6. The summed E-state index contributed by atoms with van der Waals surface area (Å²) in [7, 11) is 1.58. The van der Waals surface area contributed by atoms with E-state index in [0.717, 1.165) is 11.1 Å². The van der Waals surface area contributed by atoms with Gasteiger partial charge in [-0.05, 0) is 23.3 Å². The number of hydrazone groups is 1. The Balaban J connectivity index is 0.00000210. The molecule has 3 aromatic rings. The van der Waals surface area contributed by atoms with Crippen LogP contribution in [0.4, 0.5) is 0 Å². The molecule has 3 rings (SSSR count). The summed E-state index contributed by atoms with van der Waals surface area (Å²) >= 11 is 0. The van der Waals surface area contributed by atoms with Crippen LogP contribution >= 0.6 is 0 Å². The molecule has 1 aromatic heterocycles. The highest BCUT2D eigenvalue weighted by molar-refractivity contribution is 5.98. The third-order valence-corrected chi connectivity index (χ3v) is 4.67. The molecule has 2 amide bonds. The van der Waals surface area contributed by atoms with Gasteiger partial charge < -0.3 is 26.6 Å². The van der Waals surface area contributed by atoms with E-state index >= 15 is 0 Å². The first kappa shape index (κ1) is 26.7. The SMILES string of the molecule is CC.COc1cccc(CNC(=O)c2cc(C(=O)NCc3ccc(/C(=N/N)NN)cc3)ncn2)c1. The molecule has 0 unspecified atom stereocenters. The molecule has 0 saturated carbocycles. The van der Waals surface area contributed by atoms with E-state index in [0.29, 0.717) is 17.1 Å². The highest BCUT2D eigenvalue weighted by atomic mass is 16.5. The van der Waals surface area contributed by atoms with E-state index < -0.39 is 11.8 Å². The molecule has 11 heteroatoms. The number of ether oxygens (including phenoxy) is 1. The number of carbonyl (C=O) groups excluding carboxylic acids is 2. The maximum Gasteiger partial charge on any atom is 0.270 e. The molecule has 0 atom stereocenters. The smallest absolute Gasteiger partial charge is 0.270 e. The van der Waals surface area contributed by atoms with Crippen molar-refractivity contribution in [1.29, 1.82) is 0 Å². The van der Waals surface area contributed by atoms with Crippen molar-refractivity contribution in [3.63, 3.8) is 0 Å². The van der Waals surface area contributed by atoms with E-state index in [4.69, 9.17) is 16.4 Å². The van der Waals surface area contributed by atoms with Gasteiger partial charge in [-0.25, -0.2) is 15.8 Å². The van der Waals surface area contributed by atoms with Crippen LogP contribution in [-0.4, -0.2) is 34.7 Å². The Bertz CT molecular complexity index is 1150. The second-order valence-corrected chi connectivity index (χ2v) is 6.82. The van der Waals surface area contributed by atoms with Gasteiger partial charge in [0.1, 0.15) is 23.5 Å². The molecule has 2 aromatic carbocycles. The predicted octanol–water partition coefficient (Wildman–Crippen LogP) is 1.46. The molecule has 0 aliphatic carbocycles. The summed E-state index contributed by atoms with van der Waals surface area (Å²) in [5.41, 5.74) is 4.98. The van der Waals surface area contributed by atoms with Crippen molar-refractivity contribution in [2.24, 2.45) is 16.8 Å². The summed E-state index contributed by atoms with van der Waals surface area (Å²) in [5.74, 6) is 10.8. The van der Waals surface area contributed by atoms with Gasteiger partial charge in [-0.3, -0.25) is 9.59 Å². The van der Waals surface area contributed by atoms with Gasteiger partial charge in [0.05, 0.1) is 7.11 Å². The van der Waals surface area contributed by atoms with Crippen LogP contribution in [0.2, 0.25) is 0 Å². The maximum absolute atomic E-state index is 12.5. The summed E-state index contributed by atoms with van der Waals surface area (Å²) < 4.78 is 5.17. The number of amides is 2. The lowest BCUT2D eigenvalue weighted by molar-refractivity contribution is 0.0944. The molecular weight excluding hydrogens is 448 g/mol. The van der Waals surface area contributed by atoms with E-state index in [1.54, 1.807) is 31.4 Å². The molecule has 0 aliphatic heterocycles. The molecule has 0 radical (unpaired) electrons.